The fraction of sp³-hybridized carbons (Fsp3) is 0.143. The van der Waals surface area contributed by atoms with Crippen molar-refractivity contribution in [3.63, 3.8) is 0 Å². The smallest absolute Gasteiger partial charge is 0.341 e. The van der Waals surface area contributed by atoms with Crippen molar-refractivity contribution in [2.75, 3.05) is 0 Å². The van der Waals surface area contributed by atoms with Gasteiger partial charge in [-0.1, -0.05) is 16.3 Å². The minimum Gasteiger partial charge on any atom is -0.477 e. The summed E-state index contributed by atoms with van der Waals surface area (Å²) in [7, 11) is 0. The van der Waals surface area contributed by atoms with E-state index in [2.05, 4.69) is 9.59 Å². The van der Waals surface area contributed by atoms with E-state index in [1.807, 2.05) is 6.92 Å². The third-order valence-electron chi connectivity index (χ3n) is 3.26. The van der Waals surface area contributed by atoms with Gasteiger partial charge in [-0.15, -0.1) is 5.10 Å². The van der Waals surface area contributed by atoms with E-state index in [1.165, 1.54) is 12.4 Å². The zero-order valence-electron chi connectivity index (χ0n) is 11.8. The van der Waals surface area contributed by atoms with Crippen molar-refractivity contribution in [3.8, 4) is 0 Å². The van der Waals surface area contributed by atoms with Gasteiger partial charge in [-0.05, 0) is 30.6 Å². The Labute approximate surface area is 137 Å². The van der Waals surface area contributed by atoms with Crippen molar-refractivity contribution in [3.05, 3.63) is 46.1 Å². The molecule has 2 heterocycles. The maximum atomic E-state index is 14.3. The molecule has 118 valence electrons. The molecule has 1 N–H and O–H groups in total. The van der Waals surface area contributed by atoms with Crippen LogP contribution in [0.5, 0.6) is 0 Å². The van der Waals surface area contributed by atoms with E-state index in [4.69, 9.17) is 5.11 Å². The third-order valence-corrected chi connectivity index (χ3v) is 5.03. The lowest BCUT2D eigenvalue weighted by Gasteiger charge is -2.11. The summed E-state index contributed by atoms with van der Waals surface area (Å²) in [5.41, 5.74) is -0.568. The highest BCUT2D eigenvalue weighted by Crippen LogP contribution is 2.33. The van der Waals surface area contributed by atoms with Crippen LogP contribution in [0, 0.1) is 5.82 Å². The zero-order valence-corrected chi connectivity index (χ0v) is 13.4. The van der Waals surface area contributed by atoms with E-state index in [1.54, 1.807) is 10.6 Å². The first-order valence-electron chi connectivity index (χ1n) is 6.56. The number of carboxylic acid groups (broad SMARTS) is 1. The summed E-state index contributed by atoms with van der Waals surface area (Å²) < 4.78 is 20.4. The number of fused-ring (bicyclic) bond motifs is 1. The second kappa shape index (κ2) is 6.09. The molecule has 0 fully saturated rings. The normalized spacial score (nSPS) is 11.0. The number of aromatic carboxylic acids is 1. The molecule has 0 spiro atoms. The number of hydrogen-bond acceptors (Lipinski definition) is 6. The topological polar surface area (TPSA) is 85.1 Å². The van der Waals surface area contributed by atoms with Crippen LogP contribution < -0.4 is 5.43 Å². The first-order chi connectivity index (χ1) is 11.0. The molecule has 0 aliphatic carbocycles. The molecule has 0 radical (unpaired) electrons. The van der Waals surface area contributed by atoms with Crippen molar-refractivity contribution in [1.29, 1.82) is 0 Å². The van der Waals surface area contributed by atoms with Crippen LogP contribution >= 0.6 is 23.3 Å². The van der Waals surface area contributed by atoms with E-state index in [0.717, 1.165) is 33.6 Å². The van der Waals surface area contributed by atoms with Crippen LogP contribution in [0.4, 0.5) is 4.39 Å². The molecule has 3 rings (SSSR count). The van der Waals surface area contributed by atoms with Crippen LogP contribution in [0.3, 0.4) is 0 Å². The molecule has 0 amide bonds. The quantitative estimate of drug-likeness (QED) is 0.778. The summed E-state index contributed by atoms with van der Waals surface area (Å²) in [6, 6.07) is 2.64. The predicted molar refractivity (Wildman–Crippen MR) is 84.8 cm³/mol. The summed E-state index contributed by atoms with van der Waals surface area (Å²) >= 11 is 2.30. The van der Waals surface area contributed by atoms with E-state index in [-0.39, 0.29) is 10.9 Å². The highest BCUT2D eigenvalue weighted by Gasteiger charge is 2.17. The van der Waals surface area contributed by atoms with Gasteiger partial charge >= 0.3 is 5.97 Å². The summed E-state index contributed by atoms with van der Waals surface area (Å²) in [6.07, 6.45) is 2.81. The lowest BCUT2D eigenvalue weighted by molar-refractivity contribution is 0.0695. The molecular weight excluding hydrogens is 341 g/mol. The fourth-order valence-corrected chi connectivity index (χ4v) is 3.63. The molecule has 0 aliphatic heterocycles. The van der Waals surface area contributed by atoms with Gasteiger partial charge in [0, 0.05) is 18.1 Å². The Hall–Kier alpha value is -2.26. The number of carboxylic acids is 1. The number of halogens is 1. The molecule has 0 atom stereocenters. The Bertz CT molecular complexity index is 954. The Morgan fingerprint density at radius 1 is 1.48 bits per heavy atom. The minimum atomic E-state index is -1.33. The molecule has 0 aliphatic rings. The van der Waals surface area contributed by atoms with E-state index in [9.17, 15) is 14.0 Å². The zero-order chi connectivity index (χ0) is 16.6. The first-order valence-corrected chi connectivity index (χ1v) is 8.15. The maximum Gasteiger partial charge on any atom is 0.341 e. The number of hydrogen-bond donors (Lipinski definition) is 1. The number of pyridine rings is 1. The maximum absolute atomic E-state index is 14.3. The van der Waals surface area contributed by atoms with Gasteiger partial charge in [-0.3, -0.25) is 4.79 Å². The number of rotatable bonds is 4. The van der Waals surface area contributed by atoms with Gasteiger partial charge in [0.15, 0.2) is 0 Å². The molecule has 9 heteroatoms. The Kier molecular flexibility index (Phi) is 4.14. The molecular formula is C14H10FN3O3S2. The van der Waals surface area contributed by atoms with E-state index in [0.29, 0.717) is 17.0 Å². The highest BCUT2D eigenvalue weighted by molar-refractivity contribution is 8.01. The van der Waals surface area contributed by atoms with Crippen molar-refractivity contribution >= 4 is 40.2 Å². The lowest BCUT2D eigenvalue weighted by atomic mass is 10.1. The molecule has 1 aromatic carbocycles. The average molecular weight is 351 g/mol. The molecule has 0 bridgehead atoms. The molecule has 3 aromatic rings. The van der Waals surface area contributed by atoms with Crippen molar-refractivity contribution in [1.82, 2.24) is 14.2 Å². The standard InChI is InChI=1S/C14H10FN3O3S2/c1-2-18-6-8(14(20)21)13(19)7-3-9(15)11(4-10(7)18)22-12-5-16-17-23-12/h3-6H,2H2,1H3,(H,20,21). The third kappa shape index (κ3) is 2.84. The number of aryl methyl sites for hydroxylation is 1. The predicted octanol–water partition coefficient (Wildman–Crippen LogP) is 2.86. The lowest BCUT2D eigenvalue weighted by Crippen LogP contribution is -2.19. The van der Waals surface area contributed by atoms with Crippen LogP contribution in [0.2, 0.25) is 0 Å². The largest absolute Gasteiger partial charge is 0.477 e. The molecule has 0 unspecified atom stereocenters. The number of aromatic nitrogens is 3. The summed E-state index contributed by atoms with van der Waals surface area (Å²) in [6.45, 7) is 2.27. The molecule has 2 aromatic heterocycles. The minimum absolute atomic E-state index is 0.0519. The first kappa shape index (κ1) is 15.6. The average Bonchev–Trinajstić information content (AvgIpc) is 3.02. The number of carbonyl (C=O) groups is 1. The fourth-order valence-electron chi connectivity index (χ4n) is 2.19. The van der Waals surface area contributed by atoms with Gasteiger partial charge in [0.05, 0.1) is 16.6 Å². The monoisotopic (exact) mass is 351 g/mol. The number of nitrogens with zero attached hydrogens (tertiary/aromatic N) is 3. The van der Waals surface area contributed by atoms with E-state index < -0.39 is 17.2 Å². The van der Waals surface area contributed by atoms with Crippen LogP contribution in [0.25, 0.3) is 10.9 Å². The molecule has 23 heavy (non-hydrogen) atoms. The second-order valence-electron chi connectivity index (χ2n) is 4.60. The highest BCUT2D eigenvalue weighted by atomic mass is 32.2. The van der Waals surface area contributed by atoms with Gasteiger partial charge in [0.25, 0.3) is 0 Å². The SMILES string of the molecule is CCn1cc(C(=O)O)c(=O)c2cc(F)c(Sc3cnns3)cc21. The van der Waals surface area contributed by atoms with Gasteiger partial charge in [0.2, 0.25) is 5.43 Å². The van der Waals surface area contributed by atoms with Crippen LogP contribution in [0.15, 0.2) is 38.4 Å². The summed E-state index contributed by atoms with van der Waals surface area (Å²) in [5, 5.41) is 12.9. The molecule has 0 saturated heterocycles. The van der Waals surface area contributed by atoms with Crippen molar-refractivity contribution in [2.45, 2.75) is 22.6 Å². The van der Waals surface area contributed by atoms with Gasteiger partial charge in [-0.2, -0.15) is 0 Å². The van der Waals surface area contributed by atoms with Crippen LogP contribution in [-0.2, 0) is 6.54 Å². The van der Waals surface area contributed by atoms with Gasteiger partial charge in [-0.25, -0.2) is 9.18 Å². The summed E-state index contributed by atoms with van der Waals surface area (Å²) in [4.78, 5) is 23.7. The van der Waals surface area contributed by atoms with Gasteiger partial charge < -0.3 is 9.67 Å². The van der Waals surface area contributed by atoms with Crippen LogP contribution in [-0.4, -0.2) is 25.2 Å². The second-order valence-corrected chi connectivity index (χ2v) is 6.73. The number of benzene rings is 1. The van der Waals surface area contributed by atoms with Crippen molar-refractivity contribution < 1.29 is 14.3 Å². The van der Waals surface area contributed by atoms with Crippen LogP contribution in [0.1, 0.15) is 17.3 Å². The Morgan fingerprint density at radius 2 is 2.26 bits per heavy atom. The summed E-state index contributed by atoms with van der Waals surface area (Å²) in [5.74, 6) is -1.91. The molecule has 0 saturated carbocycles. The van der Waals surface area contributed by atoms with Crippen molar-refractivity contribution in [2.24, 2.45) is 0 Å². The van der Waals surface area contributed by atoms with E-state index >= 15 is 0 Å². The Balaban J connectivity index is 2.25. The van der Waals surface area contributed by atoms with Gasteiger partial charge in [0.1, 0.15) is 15.6 Å². The Morgan fingerprint density at radius 3 is 2.87 bits per heavy atom. The molecule has 6 nitrogen and oxygen atoms in total.